The Labute approximate surface area is 273 Å². The van der Waals surface area contributed by atoms with E-state index in [4.69, 9.17) is 24.5 Å². The first kappa shape index (κ1) is 33.1. The van der Waals surface area contributed by atoms with Gasteiger partial charge in [-0.05, 0) is 45.1 Å². The van der Waals surface area contributed by atoms with Crippen molar-refractivity contribution in [1.82, 2.24) is 40.0 Å². The lowest BCUT2D eigenvalue weighted by Crippen LogP contribution is -2.47. The number of hydrogen-bond acceptors (Lipinski definition) is 9. The number of amides is 1. The molecule has 3 aromatic rings. The van der Waals surface area contributed by atoms with Gasteiger partial charge in [0.05, 0.1) is 42.3 Å². The number of ether oxygens (including phenoxy) is 2. The summed E-state index contributed by atoms with van der Waals surface area (Å²) in [5, 5.41) is 15.1. The molecule has 262 valence electrons. The van der Waals surface area contributed by atoms with Gasteiger partial charge in [-0.15, -0.1) is 0 Å². The zero-order valence-corrected chi connectivity index (χ0v) is 26.8. The average molecular weight is 682 g/mol. The van der Waals surface area contributed by atoms with E-state index in [1.807, 2.05) is 29.5 Å². The number of imidazole rings is 1. The van der Waals surface area contributed by atoms with Gasteiger partial charge in [0.2, 0.25) is 11.8 Å². The van der Waals surface area contributed by atoms with Crippen molar-refractivity contribution in [1.29, 1.82) is 0 Å². The monoisotopic (exact) mass is 681 g/mol. The normalized spacial score (nSPS) is 28.9. The van der Waals surface area contributed by atoms with Crippen LogP contribution in [0, 0.1) is 17.8 Å². The summed E-state index contributed by atoms with van der Waals surface area (Å²) in [6.45, 7) is 5.50. The molecule has 0 aromatic carbocycles. The van der Waals surface area contributed by atoms with Crippen LogP contribution in [-0.2, 0) is 27.2 Å². The van der Waals surface area contributed by atoms with Crippen molar-refractivity contribution in [3.63, 3.8) is 0 Å². The molecule has 0 spiro atoms. The Balaban J connectivity index is 1.21. The van der Waals surface area contributed by atoms with E-state index >= 15 is 0 Å². The number of anilines is 1. The first-order valence-corrected chi connectivity index (χ1v) is 16.7. The fourth-order valence-corrected chi connectivity index (χ4v) is 7.32. The number of rotatable bonds is 9. The first-order valence-electron chi connectivity index (χ1n) is 16.7. The third kappa shape index (κ3) is 6.85. The van der Waals surface area contributed by atoms with Crippen molar-refractivity contribution in [2.24, 2.45) is 17.8 Å². The number of alkyl halides is 5. The summed E-state index contributed by atoms with van der Waals surface area (Å²) in [7, 11) is 0. The number of nitrogens with one attached hydrogen (secondary N) is 2. The first-order chi connectivity index (χ1) is 22.9. The lowest BCUT2D eigenvalue weighted by atomic mass is 9.81. The molecule has 6 heterocycles. The summed E-state index contributed by atoms with van der Waals surface area (Å²) in [6.07, 6.45) is -2.08. The standard InChI is InChI=1S/C31H40F5N9O3/c1-3-44-23(6-9-38-44)25-28(48-25)40-24(18-4-7-30(32,33)8-5-18)22-16-45-29(39-22)41-26(43-10-11-47-17(2)15-43)21(42-45)13-19-12-20(31(34,35)36)14-37-27(19)46/h6,9,16-20,24-25,28,40H,3-5,7-8,10-15H2,1-2H3,(H,37,46)/t17-,19+,20+,24-,25?,28?/m0/s1. The molecule has 1 saturated carbocycles. The van der Waals surface area contributed by atoms with E-state index in [0.717, 1.165) is 5.69 Å². The number of hydrogen-bond donors (Lipinski definition) is 2. The van der Waals surface area contributed by atoms with Crippen LogP contribution in [0.3, 0.4) is 0 Å². The van der Waals surface area contributed by atoms with E-state index in [-0.39, 0.29) is 68.7 Å². The quantitative estimate of drug-likeness (QED) is 0.255. The Morgan fingerprint density at radius 3 is 2.73 bits per heavy atom. The molecule has 3 aromatic heterocycles. The highest BCUT2D eigenvalue weighted by atomic mass is 19.4. The zero-order chi connectivity index (χ0) is 33.8. The molecule has 4 fully saturated rings. The van der Waals surface area contributed by atoms with E-state index in [1.165, 1.54) is 4.52 Å². The van der Waals surface area contributed by atoms with Gasteiger partial charge in [-0.25, -0.2) is 18.3 Å². The summed E-state index contributed by atoms with van der Waals surface area (Å²) in [4.78, 5) is 24.4. The van der Waals surface area contributed by atoms with E-state index in [0.29, 0.717) is 43.4 Å². The number of aryl methyl sites for hydroxylation is 1. The number of morpholine rings is 1. The van der Waals surface area contributed by atoms with Gasteiger partial charge in [-0.2, -0.15) is 28.4 Å². The molecule has 2 N–H and O–H groups in total. The molecule has 3 saturated heterocycles. The van der Waals surface area contributed by atoms with Crippen molar-refractivity contribution in [2.75, 3.05) is 31.1 Å². The number of piperidine rings is 1. The number of aromatic nitrogens is 6. The van der Waals surface area contributed by atoms with Crippen LogP contribution in [0.4, 0.5) is 27.8 Å². The zero-order valence-electron chi connectivity index (χ0n) is 26.8. The minimum Gasteiger partial charge on any atom is -0.375 e. The van der Waals surface area contributed by atoms with Crippen molar-refractivity contribution < 1.29 is 36.2 Å². The number of carbonyl (C=O) groups excluding carboxylic acids is 1. The van der Waals surface area contributed by atoms with Gasteiger partial charge in [0, 0.05) is 57.6 Å². The van der Waals surface area contributed by atoms with E-state index in [9.17, 15) is 26.7 Å². The molecular weight excluding hydrogens is 641 g/mol. The van der Waals surface area contributed by atoms with Gasteiger partial charge in [0.25, 0.3) is 5.78 Å². The molecule has 6 atom stereocenters. The minimum atomic E-state index is -4.44. The van der Waals surface area contributed by atoms with Crippen LogP contribution in [0.2, 0.25) is 0 Å². The molecule has 2 unspecified atom stereocenters. The van der Waals surface area contributed by atoms with Gasteiger partial charge in [-0.1, -0.05) is 0 Å². The second-order valence-corrected chi connectivity index (χ2v) is 13.4. The lowest BCUT2D eigenvalue weighted by molar-refractivity contribution is -0.183. The van der Waals surface area contributed by atoms with Crippen LogP contribution >= 0.6 is 0 Å². The highest BCUT2D eigenvalue weighted by molar-refractivity contribution is 5.80. The molecule has 17 heteroatoms. The summed E-state index contributed by atoms with van der Waals surface area (Å²) < 4.78 is 84.4. The van der Waals surface area contributed by atoms with Crippen molar-refractivity contribution in [3.8, 4) is 0 Å². The van der Waals surface area contributed by atoms with Gasteiger partial charge in [0.1, 0.15) is 18.0 Å². The van der Waals surface area contributed by atoms with Gasteiger partial charge >= 0.3 is 6.18 Å². The summed E-state index contributed by atoms with van der Waals surface area (Å²) in [5.74, 6) is -5.23. The maximum atomic E-state index is 14.2. The fraction of sp³-hybridized carbons (Fsp3) is 0.710. The summed E-state index contributed by atoms with van der Waals surface area (Å²) in [5.41, 5.74) is 1.84. The minimum absolute atomic E-state index is 0.0436. The molecule has 48 heavy (non-hydrogen) atoms. The second-order valence-electron chi connectivity index (χ2n) is 13.4. The highest BCUT2D eigenvalue weighted by Gasteiger charge is 2.47. The molecule has 12 nitrogen and oxygen atoms in total. The Bertz CT molecular complexity index is 1620. The summed E-state index contributed by atoms with van der Waals surface area (Å²) >= 11 is 0. The number of epoxide rings is 1. The van der Waals surface area contributed by atoms with Crippen molar-refractivity contribution in [2.45, 2.75) is 95.5 Å². The Morgan fingerprint density at radius 1 is 1.21 bits per heavy atom. The maximum Gasteiger partial charge on any atom is 0.393 e. The fourth-order valence-electron chi connectivity index (χ4n) is 7.32. The van der Waals surface area contributed by atoms with E-state index in [2.05, 4.69) is 15.7 Å². The average Bonchev–Trinajstić information content (AvgIpc) is 3.43. The largest absolute Gasteiger partial charge is 0.393 e. The third-order valence-electron chi connectivity index (χ3n) is 10.0. The third-order valence-corrected chi connectivity index (χ3v) is 10.0. The predicted molar refractivity (Wildman–Crippen MR) is 161 cm³/mol. The van der Waals surface area contributed by atoms with Gasteiger partial charge in [0.15, 0.2) is 5.82 Å². The number of nitrogens with zero attached hydrogens (tertiary/aromatic N) is 7. The van der Waals surface area contributed by atoms with Crippen LogP contribution in [0.5, 0.6) is 0 Å². The van der Waals surface area contributed by atoms with E-state index in [1.54, 1.807) is 12.4 Å². The SMILES string of the molecule is CCn1nccc1C1OC1N[C@H](c1cn2nc(C[C@H]3C[C@@H](C(F)(F)F)CNC3=O)c(N3CCO[C@@H](C)C3)nc2n1)C1CCC(F)(F)CC1. The summed E-state index contributed by atoms with van der Waals surface area (Å²) in [6, 6.07) is 1.44. The maximum absolute atomic E-state index is 14.2. The van der Waals surface area contributed by atoms with Crippen LogP contribution in [0.1, 0.15) is 75.2 Å². The van der Waals surface area contributed by atoms with Crippen LogP contribution in [0.15, 0.2) is 18.5 Å². The lowest BCUT2D eigenvalue weighted by Gasteiger charge is -2.34. The topological polar surface area (TPSA) is 127 Å². The van der Waals surface area contributed by atoms with Gasteiger partial charge in [-0.3, -0.25) is 14.8 Å². The molecule has 3 aliphatic heterocycles. The smallest absolute Gasteiger partial charge is 0.375 e. The number of fused-ring (bicyclic) bond motifs is 1. The van der Waals surface area contributed by atoms with Crippen LogP contribution in [-0.4, -0.2) is 85.9 Å². The van der Waals surface area contributed by atoms with Crippen LogP contribution < -0.4 is 15.5 Å². The number of carbonyl (C=O) groups is 1. The Morgan fingerprint density at radius 2 is 2.00 bits per heavy atom. The molecule has 0 radical (unpaired) electrons. The highest BCUT2D eigenvalue weighted by Crippen LogP contribution is 2.45. The number of halogens is 5. The Hall–Kier alpha value is -3.44. The van der Waals surface area contributed by atoms with Crippen LogP contribution in [0.25, 0.3) is 5.78 Å². The molecule has 1 amide bonds. The molecule has 1 aliphatic carbocycles. The molecule has 7 rings (SSSR count). The molecular formula is C31H40F5N9O3. The second kappa shape index (κ2) is 12.8. The van der Waals surface area contributed by atoms with Gasteiger partial charge < -0.3 is 19.7 Å². The molecule has 0 bridgehead atoms. The predicted octanol–water partition coefficient (Wildman–Crippen LogP) is 3.98. The molecule has 4 aliphatic rings. The van der Waals surface area contributed by atoms with Crippen molar-refractivity contribution in [3.05, 3.63) is 35.5 Å². The Kier molecular flexibility index (Phi) is 8.81. The van der Waals surface area contributed by atoms with Crippen molar-refractivity contribution >= 4 is 17.5 Å². The van der Waals surface area contributed by atoms with E-state index < -0.39 is 42.4 Å².